The molecule has 5 rings (SSSR count). The van der Waals surface area contributed by atoms with Crippen LogP contribution in [0, 0.1) is 0 Å². The molecule has 1 N–H and O–H groups in total. The van der Waals surface area contributed by atoms with Crippen molar-refractivity contribution in [3.8, 4) is 0 Å². The number of rotatable bonds is 6. The van der Waals surface area contributed by atoms with E-state index in [-0.39, 0.29) is 4.90 Å². The number of esters is 1. The number of aryl methyl sites for hydroxylation is 1. The van der Waals surface area contributed by atoms with E-state index in [4.69, 9.17) is 14.5 Å². The van der Waals surface area contributed by atoms with E-state index in [2.05, 4.69) is 5.32 Å². The van der Waals surface area contributed by atoms with Gasteiger partial charge in [-0.2, -0.15) is 4.31 Å². The largest absolute Gasteiger partial charge is 0.452 e. The van der Waals surface area contributed by atoms with Crippen LogP contribution in [0.5, 0.6) is 0 Å². The average molecular weight is 510 g/mol. The number of sulfonamides is 1. The standard InChI is InChI=1S/C26H27N3O6S/c30-24(27-18-9-11-19(12-10-18)36(32,33)29-13-15-34-16-14-29)17-35-26(31)25-20-5-1-3-7-22(20)28-23-8-4-2-6-21(23)25/h1,3,5,7,9-12H,2,4,6,8,13-17H2,(H,27,30). The zero-order valence-corrected chi connectivity index (χ0v) is 20.6. The second-order valence-corrected chi connectivity index (χ2v) is 10.7. The molecule has 36 heavy (non-hydrogen) atoms. The van der Waals surface area contributed by atoms with Gasteiger partial charge in [-0.15, -0.1) is 0 Å². The predicted octanol–water partition coefficient (Wildman–Crippen LogP) is 2.93. The third-order valence-corrected chi connectivity index (χ3v) is 8.37. The van der Waals surface area contributed by atoms with Gasteiger partial charge in [0.15, 0.2) is 6.61 Å². The van der Waals surface area contributed by atoms with E-state index in [9.17, 15) is 18.0 Å². The molecule has 0 radical (unpaired) electrons. The van der Waals surface area contributed by atoms with Crippen LogP contribution in [0.2, 0.25) is 0 Å². The molecule has 3 aromatic rings. The molecule has 0 bridgehead atoms. The smallest absolute Gasteiger partial charge is 0.339 e. The van der Waals surface area contributed by atoms with Crippen molar-refractivity contribution in [3.63, 3.8) is 0 Å². The van der Waals surface area contributed by atoms with Crippen molar-refractivity contribution in [2.75, 3.05) is 38.2 Å². The maximum atomic E-state index is 13.1. The number of nitrogens with zero attached hydrogens (tertiary/aromatic N) is 2. The van der Waals surface area contributed by atoms with Crippen LogP contribution in [0.4, 0.5) is 5.69 Å². The number of hydrogen-bond acceptors (Lipinski definition) is 7. The molecule has 0 saturated carbocycles. The molecule has 9 nitrogen and oxygen atoms in total. The number of anilines is 1. The Morgan fingerprint density at radius 3 is 2.50 bits per heavy atom. The number of pyridine rings is 1. The number of ether oxygens (including phenoxy) is 2. The number of para-hydroxylation sites is 1. The topological polar surface area (TPSA) is 115 Å². The third-order valence-electron chi connectivity index (χ3n) is 6.45. The van der Waals surface area contributed by atoms with Crippen LogP contribution in [0.25, 0.3) is 10.9 Å². The van der Waals surface area contributed by atoms with Gasteiger partial charge in [-0.3, -0.25) is 9.78 Å². The van der Waals surface area contributed by atoms with Crippen LogP contribution in [-0.4, -0.2) is 62.5 Å². The summed E-state index contributed by atoms with van der Waals surface area (Å²) in [6.45, 7) is 0.886. The second-order valence-electron chi connectivity index (χ2n) is 8.80. The molecular formula is C26H27N3O6S. The number of hydrogen-bond donors (Lipinski definition) is 1. The van der Waals surface area contributed by atoms with Gasteiger partial charge in [-0.05, 0) is 61.6 Å². The molecule has 1 fully saturated rings. The molecule has 2 aliphatic rings. The Morgan fingerprint density at radius 2 is 1.72 bits per heavy atom. The first kappa shape index (κ1) is 24.4. The summed E-state index contributed by atoms with van der Waals surface area (Å²) in [5, 5.41) is 3.37. The minimum atomic E-state index is -3.62. The minimum Gasteiger partial charge on any atom is -0.452 e. The first-order chi connectivity index (χ1) is 17.4. The van der Waals surface area contributed by atoms with Gasteiger partial charge in [-0.25, -0.2) is 13.2 Å². The molecule has 0 atom stereocenters. The van der Waals surface area contributed by atoms with Crippen molar-refractivity contribution in [1.29, 1.82) is 0 Å². The third kappa shape index (κ3) is 4.97. The fourth-order valence-electron chi connectivity index (χ4n) is 4.65. The Labute approximate surface area is 209 Å². The van der Waals surface area contributed by atoms with Crippen LogP contribution in [-0.2, 0) is 37.1 Å². The lowest BCUT2D eigenvalue weighted by molar-refractivity contribution is -0.119. The van der Waals surface area contributed by atoms with E-state index in [1.165, 1.54) is 28.6 Å². The number of fused-ring (bicyclic) bond motifs is 2. The Bertz CT molecular complexity index is 1400. The molecule has 1 aliphatic carbocycles. The molecule has 1 saturated heterocycles. The van der Waals surface area contributed by atoms with E-state index in [1.807, 2.05) is 24.3 Å². The first-order valence-electron chi connectivity index (χ1n) is 12.0. The lowest BCUT2D eigenvalue weighted by Crippen LogP contribution is -2.40. The van der Waals surface area contributed by atoms with Gasteiger partial charge in [0.25, 0.3) is 5.91 Å². The maximum Gasteiger partial charge on any atom is 0.339 e. The zero-order valence-electron chi connectivity index (χ0n) is 19.7. The summed E-state index contributed by atoms with van der Waals surface area (Å²) in [4.78, 5) is 30.4. The average Bonchev–Trinajstić information content (AvgIpc) is 2.91. The van der Waals surface area contributed by atoms with E-state index in [0.717, 1.165) is 47.8 Å². The van der Waals surface area contributed by atoms with E-state index < -0.39 is 28.5 Å². The molecule has 1 aromatic heterocycles. The first-order valence-corrected chi connectivity index (χ1v) is 13.4. The van der Waals surface area contributed by atoms with Crippen molar-refractivity contribution in [3.05, 3.63) is 65.4 Å². The van der Waals surface area contributed by atoms with Crippen molar-refractivity contribution >= 4 is 38.5 Å². The Kier molecular flexibility index (Phi) is 6.99. The van der Waals surface area contributed by atoms with Crippen LogP contribution in [0.3, 0.4) is 0 Å². The highest BCUT2D eigenvalue weighted by Gasteiger charge is 2.27. The molecule has 2 aromatic carbocycles. The van der Waals surface area contributed by atoms with Gasteiger partial charge >= 0.3 is 5.97 Å². The van der Waals surface area contributed by atoms with Gasteiger partial charge in [0.1, 0.15) is 0 Å². The van der Waals surface area contributed by atoms with Crippen molar-refractivity contribution in [2.24, 2.45) is 0 Å². The minimum absolute atomic E-state index is 0.142. The molecule has 1 aliphatic heterocycles. The molecule has 2 heterocycles. The summed E-state index contributed by atoms with van der Waals surface area (Å²) in [6, 6.07) is 13.4. The monoisotopic (exact) mass is 509 g/mol. The lowest BCUT2D eigenvalue weighted by Gasteiger charge is -2.26. The second kappa shape index (κ2) is 10.3. The number of aromatic nitrogens is 1. The van der Waals surface area contributed by atoms with Crippen LogP contribution in [0.1, 0.15) is 34.5 Å². The van der Waals surface area contributed by atoms with Gasteiger partial charge in [0.2, 0.25) is 10.0 Å². The number of carbonyl (C=O) groups excluding carboxylic acids is 2. The summed E-state index contributed by atoms with van der Waals surface area (Å²) in [5.41, 5.74) is 3.46. The molecule has 188 valence electrons. The number of nitrogens with one attached hydrogen (secondary N) is 1. The molecule has 0 unspecified atom stereocenters. The van der Waals surface area contributed by atoms with Crippen molar-refractivity contribution in [1.82, 2.24) is 9.29 Å². The predicted molar refractivity (Wildman–Crippen MR) is 133 cm³/mol. The van der Waals surface area contributed by atoms with Crippen molar-refractivity contribution in [2.45, 2.75) is 30.6 Å². The highest BCUT2D eigenvalue weighted by Crippen LogP contribution is 2.30. The van der Waals surface area contributed by atoms with Crippen LogP contribution < -0.4 is 5.32 Å². The maximum absolute atomic E-state index is 13.1. The van der Waals surface area contributed by atoms with Crippen molar-refractivity contribution < 1.29 is 27.5 Å². The SMILES string of the molecule is O=C(COC(=O)c1c2c(nc3ccccc13)CCCC2)Nc1ccc(S(=O)(=O)N2CCOCC2)cc1. The normalized spacial score (nSPS) is 16.3. The highest BCUT2D eigenvalue weighted by molar-refractivity contribution is 7.89. The Hall–Kier alpha value is -3.34. The number of amides is 1. The number of benzene rings is 2. The molecule has 10 heteroatoms. The summed E-state index contributed by atoms with van der Waals surface area (Å²) in [6.07, 6.45) is 3.58. The van der Waals surface area contributed by atoms with E-state index in [1.54, 1.807) is 0 Å². The van der Waals surface area contributed by atoms with Crippen LogP contribution in [0.15, 0.2) is 53.4 Å². The summed E-state index contributed by atoms with van der Waals surface area (Å²) in [5.74, 6) is -1.06. The number of carbonyl (C=O) groups is 2. The Balaban J connectivity index is 1.25. The molecular weight excluding hydrogens is 482 g/mol. The summed E-state index contributed by atoms with van der Waals surface area (Å²) >= 11 is 0. The van der Waals surface area contributed by atoms with Gasteiger partial charge in [0.05, 0.1) is 29.2 Å². The summed E-state index contributed by atoms with van der Waals surface area (Å²) in [7, 11) is -3.62. The van der Waals surface area contributed by atoms with E-state index in [0.29, 0.717) is 37.6 Å². The highest BCUT2D eigenvalue weighted by atomic mass is 32.2. The molecule has 0 spiro atoms. The van der Waals surface area contributed by atoms with Gasteiger partial charge in [0, 0.05) is 29.9 Å². The summed E-state index contributed by atoms with van der Waals surface area (Å²) < 4.78 is 37.5. The number of morpholine rings is 1. The lowest BCUT2D eigenvalue weighted by atomic mass is 9.90. The quantitative estimate of drug-likeness (QED) is 0.508. The fourth-order valence-corrected chi connectivity index (χ4v) is 6.06. The van der Waals surface area contributed by atoms with Gasteiger partial charge in [-0.1, -0.05) is 18.2 Å². The van der Waals surface area contributed by atoms with Gasteiger partial charge < -0.3 is 14.8 Å². The fraction of sp³-hybridized carbons (Fsp3) is 0.346. The zero-order chi connectivity index (χ0) is 25.1. The van der Waals surface area contributed by atoms with E-state index >= 15 is 0 Å². The Morgan fingerprint density at radius 1 is 1.00 bits per heavy atom. The molecule has 1 amide bonds. The van der Waals surface area contributed by atoms with Crippen LogP contribution >= 0.6 is 0 Å².